The van der Waals surface area contributed by atoms with E-state index in [1.165, 1.54) is 36.2 Å². The van der Waals surface area contributed by atoms with Crippen LogP contribution in [0, 0.1) is 10.1 Å². The summed E-state index contributed by atoms with van der Waals surface area (Å²) in [6.07, 6.45) is 2.15. The number of hydrogen-bond acceptors (Lipinski definition) is 6. The van der Waals surface area contributed by atoms with E-state index in [-0.39, 0.29) is 11.3 Å². The molecule has 1 saturated carbocycles. The molecular formula is C22H21ClN2O6. The number of benzene rings is 2. The number of carbonyl (C=O) groups is 3. The molecule has 9 heteroatoms. The van der Waals surface area contributed by atoms with Gasteiger partial charge < -0.3 is 9.64 Å². The van der Waals surface area contributed by atoms with E-state index in [2.05, 4.69) is 0 Å². The molecule has 0 aliphatic heterocycles. The molecule has 0 radical (unpaired) electrons. The number of para-hydroxylation sites is 1. The molecule has 1 atom stereocenters. The largest absolute Gasteiger partial charge is 0.452 e. The second kappa shape index (κ2) is 9.26. The van der Waals surface area contributed by atoms with Crippen LogP contribution in [-0.2, 0) is 19.9 Å². The molecule has 3 rings (SSSR count). The summed E-state index contributed by atoms with van der Waals surface area (Å²) < 4.78 is 5.06. The first-order chi connectivity index (χ1) is 14.8. The minimum absolute atomic E-state index is 0.132. The Labute approximate surface area is 183 Å². The molecule has 162 valence electrons. The number of ether oxygens (including phenoxy) is 1. The molecule has 8 nitrogen and oxygen atoms in total. The van der Waals surface area contributed by atoms with Gasteiger partial charge in [-0.05, 0) is 31.4 Å². The summed E-state index contributed by atoms with van der Waals surface area (Å²) in [6, 6.07) is 12.2. The Hall–Kier alpha value is -3.26. The van der Waals surface area contributed by atoms with Crippen molar-refractivity contribution in [2.75, 3.05) is 13.7 Å². The van der Waals surface area contributed by atoms with E-state index in [9.17, 15) is 24.5 Å². The molecule has 2 aromatic carbocycles. The third-order valence-electron chi connectivity index (χ3n) is 5.57. The Balaban J connectivity index is 1.83. The van der Waals surface area contributed by atoms with Gasteiger partial charge in [0.2, 0.25) is 0 Å². The average Bonchev–Trinajstić information content (AvgIpc) is 2.77. The van der Waals surface area contributed by atoms with Gasteiger partial charge in [-0.25, -0.2) is 4.79 Å². The molecule has 0 heterocycles. The molecule has 1 amide bonds. The lowest BCUT2D eigenvalue weighted by Crippen LogP contribution is -2.55. The van der Waals surface area contributed by atoms with Crippen LogP contribution in [0.5, 0.6) is 0 Å². The number of halogens is 1. The molecule has 0 aromatic heterocycles. The number of amides is 1. The van der Waals surface area contributed by atoms with Gasteiger partial charge in [0.1, 0.15) is 11.1 Å². The average molecular weight is 445 g/mol. The Morgan fingerprint density at radius 1 is 1.16 bits per heavy atom. The molecule has 1 aliphatic rings. The number of nitro benzene ring substituents is 1. The zero-order chi connectivity index (χ0) is 22.6. The summed E-state index contributed by atoms with van der Waals surface area (Å²) >= 11 is 6.38. The van der Waals surface area contributed by atoms with E-state index >= 15 is 0 Å². The number of hydrogen-bond donors (Lipinski definition) is 0. The van der Waals surface area contributed by atoms with E-state index in [0.29, 0.717) is 23.4 Å². The van der Waals surface area contributed by atoms with Crippen LogP contribution >= 0.6 is 11.6 Å². The van der Waals surface area contributed by atoms with Crippen molar-refractivity contribution in [1.29, 1.82) is 0 Å². The maximum atomic E-state index is 13.1. The number of likely N-dealkylation sites (N-methyl/N-ethyl adjacent to an activating group) is 1. The van der Waals surface area contributed by atoms with Crippen LogP contribution in [0.15, 0.2) is 48.5 Å². The van der Waals surface area contributed by atoms with Gasteiger partial charge in [-0.1, -0.05) is 41.9 Å². The minimum atomic E-state index is -1.25. The highest BCUT2D eigenvalue weighted by atomic mass is 35.5. The molecule has 1 aliphatic carbocycles. The molecule has 0 saturated heterocycles. The van der Waals surface area contributed by atoms with Crippen molar-refractivity contribution in [2.45, 2.75) is 31.2 Å². The van der Waals surface area contributed by atoms with Gasteiger partial charge in [-0.15, -0.1) is 0 Å². The fourth-order valence-corrected chi connectivity index (χ4v) is 4.24. The summed E-state index contributed by atoms with van der Waals surface area (Å²) in [5.74, 6) is -1.73. The summed E-state index contributed by atoms with van der Waals surface area (Å²) in [4.78, 5) is 50.1. The fourth-order valence-electron chi connectivity index (χ4n) is 3.95. The summed E-state index contributed by atoms with van der Waals surface area (Å²) in [6.45, 7) is -0.666. The Bertz CT molecular complexity index is 1040. The standard InChI is InChI=1S/C22H21ClN2O6/c1-24(20(27)14-31-21(28)15-8-2-5-11-18(15)25(29)30)22(13-7-6-12-19(22)26)16-9-3-4-10-17(16)23/h2-5,8-11H,6-7,12-14H2,1H3/t22-/m0/s1. The van der Waals surface area contributed by atoms with Crippen LogP contribution in [0.4, 0.5) is 5.69 Å². The first-order valence-corrected chi connectivity index (χ1v) is 10.1. The predicted octanol–water partition coefficient (Wildman–Crippen LogP) is 3.90. The molecule has 0 spiro atoms. The molecule has 31 heavy (non-hydrogen) atoms. The Kier molecular flexibility index (Phi) is 6.70. The van der Waals surface area contributed by atoms with Crippen LogP contribution in [0.2, 0.25) is 5.02 Å². The van der Waals surface area contributed by atoms with Crippen molar-refractivity contribution in [3.8, 4) is 0 Å². The number of Topliss-reactive ketones (excluding diaryl/α,β-unsaturated/α-hetero) is 1. The Morgan fingerprint density at radius 3 is 2.52 bits per heavy atom. The predicted molar refractivity (Wildman–Crippen MR) is 113 cm³/mol. The molecule has 1 fully saturated rings. The summed E-state index contributed by atoms with van der Waals surface area (Å²) in [5, 5.41) is 11.5. The number of rotatable bonds is 6. The minimum Gasteiger partial charge on any atom is -0.452 e. The number of carbonyl (C=O) groups excluding carboxylic acids is 3. The number of nitrogens with zero attached hydrogens (tertiary/aromatic N) is 2. The molecule has 0 unspecified atom stereocenters. The smallest absolute Gasteiger partial charge is 0.345 e. The maximum Gasteiger partial charge on any atom is 0.345 e. The van der Waals surface area contributed by atoms with E-state index < -0.39 is 34.6 Å². The topological polar surface area (TPSA) is 107 Å². The van der Waals surface area contributed by atoms with Gasteiger partial charge in [0.15, 0.2) is 12.4 Å². The lowest BCUT2D eigenvalue weighted by atomic mass is 9.74. The van der Waals surface area contributed by atoms with Gasteiger partial charge in [-0.2, -0.15) is 0 Å². The third kappa shape index (κ3) is 4.29. The van der Waals surface area contributed by atoms with Gasteiger partial charge in [0.25, 0.3) is 11.6 Å². The van der Waals surface area contributed by atoms with Crippen molar-refractivity contribution in [3.63, 3.8) is 0 Å². The summed E-state index contributed by atoms with van der Waals surface area (Å²) in [7, 11) is 1.48. The molecular weight excluding hydrogens is 424 g/mol. The van der Waals surface area contributed by atoms with Crippen LogP contribution in [0.3, 0.4) is 0 Å². The number of nitro groups is 1. The van der Waals surface area contributed by atoms with E-state index in [1.807, 2.05) is 0 Å². The van der Waals surface area contributed by atoms with Crippen molar-refractivity contribution in [3.05, 3.63) is 74.8 Å². The van der Waals surface area contributed by atoms with E-state index in [0.717, 1.165) is 12.8 Å². The highest BCUT2D eigenvalue weighted by Gasteiger charge is 2.48. The molecule has 0 bridgehead atoms. The molecule has 0 N–H and O–H groups in total. The van der Waals surface area contributed by atoms with Crippen LogP contribution in [0.1, 0.15) is 41.6 Å². The number of esters is 1. The normalized spacial score (nSPS) is 18.3. The van der Waals surface area contributed by atoms with Gasteiger partial charge >= 0.3 is 5.97 Å². The maximum absolute atomic E-state index is 13.1. The number of ketones is 1. The van der Waals surface area contributed by atoms with Gasteiger partial charge in [0.05, 0.1) is 4.92 Å². The zero-order valence-electron chi connectivity index (χ0n) is 16.9. The highest BCUT2D eigenvalue weighted by Crippen LogP contribution is 2.42. The van der Waals surface area contributed by atoms with Crippen LogP contribution in [0.25, 0.3) is 0 Å². The lowest BCUT2D eigenvalue weighted by molar-refractivity contribution is -0.385. The van der Waals surface area contributed by atoms with Crippen molar-refractivity contribution < 1.29 is 24.0 Å². The van der Waals surface area contributed by atoms with Crippen LogP contribution < -0.4 is 0 Å². The van der Waals surface area contributed by atoms with Gasteiger partial charge in [-0.3, -0.25) is 19.7 Å². The fraction of sp³-hybridized carbons (Fsp3) is 0.318. The third-order valence-corrected chi connectivity index (χ3v) is 5.90. The SMILES string of the molecule is CN(C(=O)COC(=O)c1ccccc1[N+](=O)[O-])[C@]1(c2ccccc2Cl)CCCCC1=O. The first kappa shape index (κ1) is 22.4. The Morgan fingerprint density at radius 2 is 1.84 bits per heavy atom. The first-order valence-electron chi connectivity index (χ1n) is 9.74. The van der Waals surface area contributed by atoms with Crippen molar-refractivity contribution in [2.24, 2.45) is 0 Å². The second-order valence-electron chi connectivity index (χ2n) is 7.27. The van der Waals surface area contributed by atoms with Crippen molar-refractivity contribution >= 4 is 34.9 Å². The lowest BCUT2D eigenvalue weighted by Gasteiger charge is -2.43. The summed E-state index contributed by atoms with van der Waals surface area (Å²) in [5.41, 5.74) is -1.39. The van der Waals surface area contributed by atoms with E-state index in [1.54, 1.807) is 24.3 Å². The highest BCUT2D eigenvalue weighted by molar-refractivity contribution is 6.31. The quantitative estimate of drug-likeness (QED) is 0.380. The van der Waals surface area contributed by atoms with Crippen molar-refractivity contribution in [1.82, 2.24) is 4.90 Å². The van der Waals surface area contributed by atoms with Crippen LogP contribution in [-0.4, -0.2) is 41.1 Å². The second-order valence-corrected chi connectivity index (χ2v) is 7.68. The molecule has 2 aromatic rings. The van der Waals surface area contributed by atoms with Gasteiger partial charge in [0, 0.05) is 30.1 Å². The zero-order valence-corrected chi connectivity index (χ0v) is 17.6. The monoisotopic (exact) mass is 444 g/mol. The van der Waals surface area contributed by atoms with E-state index in [4.69, 9.17) is 16.3 Å².